The average Bonchev–Trinajstić information content (AvgIpc) is 2.40. The molecule has 2 aliphatic rings. The Bertz CT molecular complexity index is 428. The van der Waals surface area contributed by atoms with Crippen molar-refractivity contribution in [3.05, 3.63) is 28.7 Å². The summed E-state index contributed by atoms with van der Waals surface area (Å²) in [7, 11) is 0. The number of anilines is 1. The Balaban J connectivity index is 1.65. The van der Waals surface area contributed by atoms with Crippen LogP contribution in [0, 0.1) is 0 Å². The molecule has 2 aliphatic heterocycles. The fraction of sp³-hybridized carbons (Fsp3) is 0.600. The van der Waals surface area contributed by atoms with Gasteiger partial charge in [-0.15, -0.1) is 0 Å². The number of ether oxygens (including phenoxy) is 1. The minimum absolute atomic E-state index is 0.160. The molecular formula is C15H20BrNOS. The highest BCUT2D eigenvalue weighted by atomic mass is 79.9. The zero-order valence-corrected chi connectivity index (χ0v) is 13.4. The number of thioether (sulfide) groups is 1. The molecule has 0 aliphatic carbocycles. The maximum absolute atomic E-state index is 6.14. The normalized spacial score (nSPS) is 26.3. The largest absolute Gasteiger partial charge is 0.382 e. The Hall–Kier alpha value is -0.190. The highest BCUT2D eigenvalue weighted by Crippen LogP contribution is 2.38. The fourth-order valence-electron chi connectivity index (χ4n) is 3.06. The van der Waals surface area contributed by atoms with Gasteiger partial charge in [0.15, 0.2) is 0 Å². The van der Waals surface area contributed by atoms with E-state index in [4.69, 9.17) is 4.74 Å². The first-order valence-electron chi connectivity index (χ1n) is 7.00. The number of hydrogen-bond donors (Lipinski definition) is 1. The molecule has 1 atom stereocenters. The van der Waals surface area contributed by atoms with Crippen molar-refractivity contribution in [2.75, 3.05) is 23.4 Å². The molecule has 0 radical (unpaired) electrons. The smallest absolute Gasteiger partial charge is 0.0717 e. The molecule has 104 valence electrons. The van der Waals surface area contributed by atoms with E-state index in [0.29, 0.717) is 6.04 Å². The summed E-state index contributed by atoms with van der Waals surface area (Å²) in [6, 6.07) is 8.99. The zero-order valence-electron chi connectivity index (χ0n) is 11.0. The number of benzene rings is 1. The van der Waals surface area contributed by atoms with Crippen LogP contribution in [0.5, 0.6) is 0 Å². The topological polar surface area (TPSA) is 21.3 Å². The molecule has 19 heavy (non-hydrogen) atoms. The van der Waals surface area contributed by atoms with Crippen LogP contribution in [-0.2, 0) is 4.74 Å². The lowest BCUT2D eigenvalue weighted by Gasteiger charge is -2.43. The van der Waals surface area contributed by atoms with Crippen LogP contribution in [0.1, 0.15) is 25.7 Å². The highest BCUT2D eigenvalue weighted by Gasteiger charge is 2.38. The first kappa shape index (κ1) is 13.8. The maximum Gasteiger partial charge on any atom is 0.0717 e. The molecule has 2 saturated heterocycles. The Kier molecular flexibility index (Phi) is 4.40. The number of nitrogens with one attached hydrogen (secondary N) is 1. The molecule has 1 unspecified atom stereocenters. The summed E-state index contributed by atoms with van der Waals surface area (Å²) < 4.78 is 7.27. The van der Waals surface area contributed by atoms with Crippen LogP contribution in [0.2, 0.25) is 0 Å². The van der Waals surface area contributed by atoms with Crippen molar-refractivity contribution in [1.82, 2.24) is 0 Å². The van der Waals surface area contributed by atoms with Crippen LogP contribution in [0.4, 0.5) is 5.69 Å². The van der Waals surface area contributed by atoms with Crippen molar-refractivity contribution in [3.63, 3.8) is 0 Å². The second-order valence-electron chi connectivity index (χ2n) is 5.49. The van der Waals surface area contributed by atoms with E-state index >= 15 is 0 Å². The van der Waals surface area contributed by atoms with Crippen molar-refractivity contribution in [3.8, 4) is 0 Å². The van der Waals surface area contributed by atoms with Crippen LogP contribution in [0.3, 0.4) is 0 Å². The molecule has 0 saturated carbocycles. The van der Waals surface area contributed by atoms with Gasteiger partial charge in [-0.1, -0.05) is 22.0 Å². The highest BCUT2D eigenvalue weighted by molar-refractivity contribution is 9.10. The van der Waals surface area contributed by atoms with Crippen LogP contribution < -0.4 is 5.32 Å². The number of hydrogen-bond acceptors (Lipinski definition) is 3. The van der Waals surface area contributed by atoms with Gasteiger partial charge in [0.25, 0.3) is 0 Å². The Morgan fingerprint density at radius 3 is 2.95 bits per heavy atom. The predicted octanol–water partition coefficient (Wildman–Crippen LogP) is 4.31. The number of rotatable bonds is 2. The molecule has 4 heteroatoms. The van der Waals surface area contributed by atoms with Crippen molar-refractivity contribution >= 4 is 33.4 Å². The van der Waals surface area contributed by atoms with Gasteiger partial charge in [-0.2, -0.15) is 11.8 Å². The third kappa shape index (κ3) is 3.47. The van der Waals surface area contributed by atoms with E-state index in [1.807, 2.05) is 0 Å². The van der Waals surface area contributed by atoms with E-state index in [1.165, 1.54) is 30.0 Å². The average molecular weight is 342 g/mol. The summed E-state index contributed by atoms with van der Waals surface area (Å²) in [5.74, 6) is 2.51. The molecule has 2 fully saturated rings. The molecule has 0 aromatic heterocycles. The van der Waals surface area contributed by atoms with E-state index < -0.39 is 0 Å². The predicted molar refractivity (Wildman–Crippen MR) is 86.0 cm³/mol. The SMILES string of the molecule is Brc1cccc(NC2CCOC3(CCSCC3)C2)c1. The fourth-order valence-corrected chi connectivity index (χ4v) is 4.69. The van der Waals surface area contributed by atoms with Gasteiger partial charge in [-0.05, 0) is 55.4 Å². The molecule has 0 bridgehead atoms. The Morgan fingerprint density at radius 1 is 1.32 bits per heavy atom. The van der Waals surface area contributed by atoms with Gasteiger partial charge in [0.1, 0.15) is 0 Å². The first-order valence-corrected chi connectivity index (χ1v) is 8.94. The van der Waals surface area contributed by atoms with Gasteiger partial charge in [-0.3, -0.25) is 0 Å². The van der Waals surface area contributed by atoms with E-state index in [2.05, 4.69) is 57.3 Å². The monoisotopic (exact) mass is 341 g/mol. The third-order valence-electron chi connectivity index (χ3n) is 4.09. The minimum Gasteiger partial charge on any atom is -0.382 e. The van der Waals surface area contributed by atoms with Crippen LogP contribution in [0.15, 0.2) is 28.7 Å². The number of halogens is 1. The second-order valence-corrected chi connectivity index (χ2v) is 7.63. The molecule has 3 rings (SSSR count). The van der Waals surface area contributed by atoms with Crippen molar-refractivity contribution in [2.24, 2.45) is 0 Å². The molecule has 1 aromatic carbocycles. The van der Waals surface area contributed by atoms with Gasteiger partial charge in [0, 0.05) is 22.8 Å². The quantitative estimate of drug-likeness (QED) is 0.866. The molecule has 0 amide bonds. The molecule has 1 spiro atoms. The Morgan fingerprint density at radius 2 is 2.16 bits per heavy atom. The second kappa shape index (κ2) is 6.06. The molecule has 1 N–H and O–H groups in total. The summed E-state index contributed by atoms with van der Waals surface area (Å²) >= 11 is 5.59. The maximum atomic E-state index is 6.14. The summed E-state index contributed by atoms with van der Waals surface area (Å²) in [6.07, 6.45) is 4.70. The standard InChI is InChI=1S/C15H20BrNOS/c16-12-2-1-3-13(10-12)17-14-4-7-18-15(11-14)5-8-19-9-6-15/h1-3,10,14,17H,4-9,11H2. The van der Waals surface area contributed by atoms with E-state index in [-0.39, 0.29) is 5.60 Å². The van der Waals surface area contributed by atoms with Crippen LogP contribution in [-0.4, -0.2) is 29.8 Å². The molecule has 2 nitrogen and oxygen atoms in total. The Labute approximate surface area is 127 Å². The summed E-state index contributed by atoms with van der Waals surface area (Å²) in [4.78, 5) is 0. The van der Waals surface area contributed by atoms with Crippen LogP contribution >= 0.6 is 27.7 Å². The first-order chi connectivity index (χ1) is 9.26. The molecular weight excluding hydrogens is 322 g/mol. The van der Waals surface area contributed by atoms with Crippen molar-refractivity contribution in [2.45, 2.75) is 37.3 Å². The van der Waals surface area contributed by atoms with Gasteiger partial charge < -0.3 is 10.1 Å². The lowest BCUT2D eigenvalue weighted by molar-refractivity contribution is -0.0865. The summed E-state index contributed by atoms with van der Waals surface area (Å²) in [5, 5.41) is 3.68. The van der Waals surface area contributed by atoms with Gasteiger partial charge in [0.05, 0.1) is 5.60 Å². The summed E-state index contributed by atoms with van der Waals surface area (Å²) in [5.41, 5.74) is 1.37. The van der Waals surface area contributed by atoms with Crippen LogP contribution in [0.25, 0.3) is 0 Å². The van der Waals surface area contributed by atoms with E-state index in [1.54, 1.807) is 0 Å². The molecule has 1 aromatic rings. The third-order valence-corrected chi connectivity index (χ3v) is 5.57. The summed E-state index contributed by atoms with van der Waals surface area (Å²) in [6.45, 7) is 0.899. The van der Waals surface area contributed by atoms with Gasteiger partial charge in [-0.25, -0.2) is 0 Å². The van der Waals surface area contributed by atoms with E-state index in [0.717, 1.165) is 23.9 Å². The lowest BCUT2D eigenvalue weighted by Crippen LogP contribution is -2.46. The zero-order chi connectivity index (χ0) is 13.1. The van der Waals surface area contributed by atoms with Crippen molar-refractivity contribution < 1.29 is 4.74 Å². The van der Waals surface area contributed by atoms with Crippen molar-refractivity contribution in [1.29, 1.82) is 0 Å². The minimum atomic E-state index is 0.160. The van der Waals surface area contributed by atoms with E-state index in [9.17, 15) is 0 Å². The lowest BCUT2D eigenvalue weighted by atomic mass is 9.85. The molecule has 2 heterocycles. The van der Waals surface area contributed by atoms with Gasteiger partial charge >= 0.3 is 0 Å². The van der Waals surface area contributed by atoms with Gasteiger partial charge in [0.2, 0.25) is 0 Å².